The lowest BCUT2D eigenvalue weighted by Gasteiger charge is -2.24. The lowest BCUT2D eigenvalue weighted by atomic mass is 9.82. The maximum Gasteiger partial charge on any atom is 0.513 e. The quantitative estimate of drug-likeness (QED) is 0.211. The van der Waals surface area contributed by atoms with Gasteiger partial charge in [0.05, 0.1) is 13.2 Å². The average Bonchev–Trinajstić information content (AvgIpc) is 2.77. The van der Waals surface area contributed by atoms with Crippen molar-refractivity contribution in [2.24, 2.45) is 11.8 Å². The minimum Gasteiger partial charge on any atom is -0.434 e. The molecule has 0 aliphatic heterocycles. The highest BCUT2D eigenvalue weighted by atomic mass is 16.7. The lowest BCUT2D eigenvalue weighted by molar-refractivity contribution is 0.0879. The fourth-order valence-electron chi connectivity index (χ4n) is 3.68. The number of hydrogen-bond acceptors (Lipinski definition) is 6. The fraction of sp³-hybridized carbons (Fsp3) is 0.429. The highest BCUT2D eigenvalue weighted by Crippen LogP contribution is 2.46. The fourth-order valence-corrected chi connectivity index (χ4v) is 3.68. The van der Waals surface area contributed by atoms with Crippen LogP contribution in [0.3, 0.4) is 0 Å². The maximum absolute atomic E-state index is 12.6. The molecule has 0 aliphatic rings. The van der Waals surface area contributed by atoms with Gasteiger partial charge in [0.15, 0.2) is 5.75 Å². The highest BCUT2D eigenvalue weighted by Gasteiger charge is 2.26. The second kappa shape index (κ2) is 10.3. The zero-order valence-corrected chi connectivity index (χ0v) is 21.1. The van der Waals surface area contributed by atoms with Crippen LogP contribution in [0, 0.1) is 11.8 Å². The SMILES string of the molecule is CC(C)COC(=O)Oc1c2ccccc2c(OC(=O)OCC(C)C)c2c(C(C)(C)C)cccc12. The summed E-state index contributed by atoms with van der Waals surface area (Å²) in [7, 11) is 0. The molecule has 6 heteroatoms. The first kappa shape index (κ1) is 25.3. The minimum atomic E-state index is -0.772. The van der Waals surface area contributed by atoms with E-state index in [4.69, 9.17) is 18.9 Å². The van der Waals surface area contributed by atoms with Crippen LogP contribution in [0.25, 0.3) is 21.5 Å². The Kier molecular flexibility index (Phi) is 7.70. The van der Waals surface area contributed by atoms with Crippen LogP contribution >= 0.6 is 0 Å². The normalized spacial score (nSPS) is 11.8. The Hall–Kier alpha value is -3.28. The third-order valence-electron chi connectivity index (χ3n) is 5.20. The van der Waals surface area contributed by atoms with Crippen molar-refractivity contribution in [3.05, 3.63) is 48.0 Å². The van der Waals surface area contributed by atoms with Crippen molar-refractivity contribution >= 4 is 33.9 Å². The average molecular weight is 467 g/mol. The number of hydrogen-bond donors (Lipinski definition) is 0. The molecule has 0 aromatic heterocycles. The molecular weight excluding hydrogens is 432 g/mol. The molecule has 3 aromatic rings. The van der Waals surface area contributed by atoms with E-state index in [1.165, 1.54) is 0 Å². The first-order valence-corrected chi connectivity index (χ1v) is 11.7. The van der Waals surface area contributed by atoms with Gasteiger partial charge in [-0.15, -0.1) is 0 Å². The highest BCUT2D eigenvalue weighted by molar-refractivity contribution is 6.13. The van der Waals surface area contributed by atoms with E-state index in [9.17, 15) is 9.59 Å². The van der Waals surface area contributed by atoms with Crippen LogP contribution in [0.15, 0.2) is 42.5 Å². The third kappa shape index (κ3) is 5.79. The predicted molar refractivity (Wildman–Crippen MR) is 134 cm³/mol. The van der Waals surface area contributed by atoms with Gasteiger partial charge in [-0.2, -0.15) is 0 Å². The summed E-state index contributed by atoms with van der Waals surface area (Å²) >= 11 is 0. The molecule has 0 amide bonds. The van der Waals surface area contributed by atoms with Gasteiger partial charge in [0.1, 0.15) is 5.75 Å². The van der Waals surface area contributed by atoms with Crippen molar-refractivity contribution in [2.75, 3.05) is 13.2 Å². The Morgan fingerprint density at radius 2 is 1.18 bits per heavy atom. The molecule has 6 nitrogen and oxygen atoms in total. The molecule has 0 saturated heterocycles. The molecule has 0 atom stereocenters. The zero-order valence-electron chi connectivity index (χ0n) is 21.1. The number of fused-ring (bicyclic) bond motifs is 2. The molecule has 0 unspecified atom stereocenters. The van der Waals surface area contributed by atoms with Gasteiger partial charge in [0.2, 0.25) is 0 Å². The summed E-state index contributed by atoms with van der Waals surface area (Å²) in [6.07, 6.45) is -1.54. The second-order valence-corrected chi connectivity index (χ2v) is 10.3. The Morgan fingerprint density at radius 3 is 1.68 bits per heavy atom. The van der Waals surface area contributed by atoms with Crippen molar-refractivity contribution in [1.29, 1.82) is 0 Å². The van der Waals surface area contributed by atoms with E-state index < -0.39 is 12.3 Å². The molecule has 0 spiro atoms. The summed E-state index contributed by atoms with van der Waals surface area (Å²) in [6.45, 7) is 14.6. The number of carbonyl (C=O) groups excluding carboxylic acids is 2. The van der Waals surface area contributed by atoms with Gasteiger partial charge < -0.3 is 18.9 Å². The number of ether oxygens (including phenoxy) is 4. The van der Waals surface area contributed by atoms with Crippen LogP contribution in [0.4, 0.5) is 9.59 Å². The topological polar surface area (TPSA) is 71.1 Å². The monoisotopic (exact) mass is 466 g/mol. The Bertz CT molecular complexity index is 1190. The molecule has 0 aliphatic carbocycles. The summed E-state index contributed by atoms with van der Waals surface area (Å²) in [4.78, 5) is 25.2. The maximum atomic E-state index is 12.6. The number of carbonyl (C=O) groups is 2. The molecule has 0 N–H and O–H groups in total. The molecule has 34 heavy (non-hydrogen) atoms. The Labute approximate surface area is 201 Å². The van der Waals surface area contributed by atoms with Crippen molar-refractivity contribution in [1.82, 2.24) is 0 Å². The van der Waals surface area contributed by atoms with Crippen LogP contribution in [-0.2, 0) is 14.9 Å². The van der Waals surface area contributed by atoms with Gasteiger partial charge >= 0.3 is 12.3 Å². The van der Waals surface area contributed by atoms with Gasteiger partial charge in [0, 0.05) is 21.5 Å². The van der Waals surface area contributed by atoms with Crippen LogP contribution < -0.4 is 9.47 Å². The Balaban J connectivity index is 2.25. The molecular formula is C28H34O6. The van der Waals surface area contributed by atoms with Crippen molar-refractivity contribution in [2.45, 2.75) is 53.9 Å². The van der Waals surface area contributed by atoms with Crippen molar-refractivity contribution in [3.8, 4) is 11.5 Å². The molecule has 182 valence electrons. The van der Waals surface area contributed by atoms with Gasteiger partial charge in [-0.1, -0.05) is 90.9 Å². The van der Waals surface area contributed by atoms with Gasteiger partial charge in [-0.25, -0.2) is 9.59 Å². The smallest absolute Gasteiger partial charge is 0.434 e. The molecule has 0 fully saturated rings. The third-order valence-corrected chi connectivity index (χ3v) is 5.20. The first-order chi connectivity index (χ1) is 16.0. The van der Waals surface area contributed by atoms with E-state index in [-0.39, 0.29) is 30.5 Å². The summed E-state index contributed by atoms with van der Waals surface area (Å²) in [5.41, 5.74) is 0.667. The standard InChI is InChI=1S/C28H34O6/c1-17(2)15-31-26(29)33-24-19-11-8-9-12-20(19)25(34-27(30)32-16-18(3)4)23-21(24)13-10-14-22(23)28(5,6)7/h8-14,17-18H,15-16H2,1-7H3. The zero-order chi connectivity index (χ0) is 25.0. The van der Waals surface area contributed by atoms with Crippen LogP contribution in [-0.4, -0.2) is 25.5 Å². The van der Waals surface area contributed by atoms with E-state index in [2.05, 4.69) is 20.8 Å². The van der Waals surface area contributed by atoms with E-state index >= 15 is 0 Å². The molecule has 0 saturated carbocycles. The van der Waals surface area contributed by atoms with Gasteiger partial charge in [0.25, 0.3) is 0 Å². The van der Waals surface area contributed by atoms with Gasteiger partial charge in [-0.3, -0.25) is 0 Å². The first-order valence-electron chi connectivity index (χ1n) is 11.7. The van der Waals surface area contributed by atoms with Crippen molar-refractivity contribution in [3.63, 3.8) is 0 Å². The number of rotatable bonds is 6. The number of benzene rings is 3. The summed E-state index contributed by atoms with van der Waals surface area (Å²) in [6, 6.07) is 13.1. The largest absolute Gasteiger partial charge is 0.513 e. The van der Waals surface area contributed by atoms with E-state index in [1.54, 1.807) is 0 Å². The molecule has 3 aromatic carbocycles. The summed E-state index contributed by atoms with van der Waals surface area (Å²) < 4.78 is 22.2. The lowest BCUT2D eigenvalue weighted by Crippen LogP contribution is -2.17. The van der Waals surface area contributed by atoms with Gasteiger partial charge in [-0.05, 0) is 22.8 Å². The van der Waals surface area contributed by atoms with Crippen LogP contribution in [0.5, 0.6) is 11.5 Å². The van der Waals surface area contributed by atoms with E-state index in [0.29, 0.717) is 33.0 Å². The second-order valence-electron chi connectivity index (χ2n) is 10.3. The van der Waals surface area contributed by atoms with E-state index in [1.807, 2.05) is 70.2 Å². The summed E-state index contributed by atoms with van der Waals surface area (Å²) in [5, 5.41) is 2.62. The molecule has 0 radical (unpaired) electrons. The summed E-state index contributed by atoms with van der Waals surface area (Å²) in [5.74, 6) is 1.11. The molecule has 0 bridgehead atoms. The predicted octanol–water partition coefficient (Wildman–Crippen LogP) is 7.63. The Morgan fingerprint density at radius 1 is 0.706 bits per heavy atom. The van der Waals surface area contributed by atoms with Crippen LogP contribution in [0.2, 0.25) is 0 Å². The van der Waals surface area contributed by atoms with Crippen molar-refractivity contribution < 1.29 is 28.5 Å². The molecule has 3 rings (SSSR count). The van der Waals surface area contributed by atoms with E-state index in [0.717, 1.165) is 5.56 Å². The van der Waals surface area contributed by atoms with Crippen LogP contribution in [0.1, 0.15) is 54.0 Å². The minimum absolute atomic E-state index is 0.179. The molecule has 0 heterocycles.